The van der Waals surface area contributed by atoms with Crippen LogP contribution < -0.4 is 10.0 Å². The van der Waals surface area contributed by atoms with Gasteiger partial charge in [-0.1, -0.05) is 66.2 Å². The number of carbonyl (C=O) groups is 1. The minimum atomic E-state index is -1.22. The number of carbonyl (C=O) groups excluding carboxylic acids is 1. The van der Waals surface area contributed by atoms with E-state index in [-0.39, 0.29) is 17.3 Å². The lowest BCUT2D eigenvalue weighted by Gasteiger charge is -2.47. The molecule has 2 heterocycles. The van der Waals surface area contributed by atoms with Crippen LogP contribution in [0.1, 0.15) is 23.6 Å². The standard InChI is InChI=1S/C30H22ClN5O4S/c1-2-40-29(37)28-33-35(23-16-18-24(19-17-23)36(38)39)30(41-28)26-11-7-6-10-25(26)27(20-12-14-21(31)15-13-20)32-34(30)22-8-4-3-5-9-22/h3-19H,2H2,1H3. The fraction of sp³-hybridized carbons (Fsp3) is 0.100. The third-order valence-corrected chi connectivity index (χ3v) is 8.15. The predicted octanol–water partition coefficient (Wildman–Crippen LogP) is 6.76. The summed E-state index contributed by atoms with van der Waals surface area (Å²) in [5.41, 5.74) is 4.43. The van der Waals surface area contributed by atoms with Crippen LogP contribution in [0.3, 0.4) is 0 Å². The first kappa shape index (κ1) is 26.5. The highest BCUT2D eigenvalue weighted by Gasteiger charge is 2.56. The number of fused-ring (bicyclic) bond motifs is 2. The topological polar surface area (TPSA) is 101 Å². The number of halogens is 1. The van der Waals surface area contributed by atoms with Gasteiger partial charge < -0.3 is 4.74 Å². The summed E-state index contributed by atoms with van der Waals surface area (Å²) in [5.74, 6) is -0.570. The first-order chi connectivity index (χ1) is 19.9. The normalized spacial score (nSPS) is 17.6. The van der Waals surface area contributed by atoms with Crippen molar-refractivity contribution in [2.75, 3.05) is 16.6 Å². The number of hydrogen-bond donors (Lipinski definition) is 0. The van der Waals surface area contributed by atoms with Gasteiger partial charge in [0.05, 0.1) is 28.6 Å². The van der Waals surface area contributed by atoms with Gasteiger partial charge in [-0.15, -0.1) is 0 Å². The first-order valence-corrected chi connectivity index (χ1v) is 13.9. The number of ether oxygens (including phenoxy) is 1. The lowest BCUT2D eigenvalue weighted by Crippen LogP contribution is -2.54. The molecule has 4 aromatic rings. The van der Waals surface area contributed by atoms with Gasteiger partial charge in [-0.25, -0.2) is 14.8 Å². The number of nitro benzene ring substituents is 1. The van der Waals surface area contributed by atoms with Gasteiger partial charge >= 0.3 is 5.97 Å². The lowest BCUT2D eigenvalue weighted by atomic mass is 9.93. The third-order valence-electron chi connectivity index (χ3n) is 6.61. The van der Waals surface area contributed by atoms with E-state index in [2.05, 4.69) is 0 Å². The number of thioether (sulfide) groups is 1. The molecule has 204 valence electrons. The van der Waals surface area contributed by atoms with Crippen molar-refractivity contribution >= 4 is 57.1 Å². The fourth-order valence-corrected chi connectivity index (χ4v) is 6.23. The van der Waals surface area contributed by atoms with Crippen LogP contribution in [0.25, 0.3) is 0 Å². The van der Waals surface area contributed by atoms with Gasteiger partial charge in [0, 0.05) is 33.8 Å². The largest absolute Gasteiger partial charge is 0.461 e. The number of anilines is 2. The average molecular weight is 584 g/mol. The Kier molecular flexibility index (Phi) is 6.94. The number of esters is 1. The number of nitrogens with zero attached hydrogens (tertiary/aromatic N) is 5. The van der Waals surface area contributed by atoms with Gasteiger partial charge in [-0.05, 0) is 55.1 Å². The van der Waals surface area contributed by atoms with Gasteiger partial charge in [-0.2, -0.15) is 10.2 Å². The summed E-state index contributed by atoms with van der Waals surface area (Å²) in [5, 5.41) is 25.6. The predicted molar refractivity (Wildman–Crippen MR) is 161 cm³/mol. The average Bonchev–Trinajstić information content (AvgIpc) is 3.40. The number of hydrazone groups is 2. The second-order valence-corrected chi connectivity index (χ2v) is 10.7. The molecule has 9 nitrogen and oxygen atoms in total. The Bertz CT molecular complexity index is 1700. The lowest BCUT2D eigenvalue weighted by molar-refractivity contribution is -0.384. The molecule has 6 rings (SSSR count). The van der Waals surface area contributed by atoms with E-state index in [1.807, 2.05) is 83.9 Å². The molecule has 0 saturated carbocycles. The zero-order chi connectivity index (χ0) is 28.6. The Morgan fingerprint density at radius 3 is 2.22 bits per heavy atom. The zero-order valence-electron chi connectivity index (χ0n) is 21.7. The maximum Gasteiger partial charge on any atom is 0.365 e. The number of nitro groups is 1. The number of hydrogen-bond acceptors (Lipinski definition) is 9. The second kappa shape index (κ2) is 10.7. The highest BCUT2D eigenvalue weighted by Crippen LogP contribution is 2.55. The van der Waals surface area contributed by atoms with E-state index in [1.54, 1.807) is 24.1 Å². The molecular formula is C30H22ClN5O4S. The van der Waals surface area contributed by atoms with Crippen molar-refractivity contribution in [1.29, 1.82) is 0 Å². The van der Waals surface area contributed by atoms with Gasteiger partial charge in [0.25, 0.3) is 5.69 Å². The van der Waals surface area contributed by atoms with E-state index < -0.39 is 15.9 Å². The van der Waals surface area contributed by atoms with Crippen LogP contribution in [0.5, 0.6) is 0 Å². The van der Waals surface area contributed by atoms with E-state index >= 15 is 0 Å². The Morgan fingerprint density at radius 1 is 0.902 bits per heavy atom. The molecule has 4 aromatic carbocycles. The molecule has 11 heteroatoms. The van der Waals surface area contributed by atoms with E-state index in [1.165, 1.54) is 23.9 Å². The summed E-state index contributed by atoms with van der Waals surface area (Å²) in [6.45, 7) is 1.91. The van der Waals surface area contributed by atoms with E-state index in [4.69, 9.17) is 26.5 Å². The summed E-state index contributed by atoms with van der Waals surface area (Å²) < 4.78 is 5.35. The molecule has 1 atom stereocenters. The molecule has 0 bridgehead atoms. The molecule has 2 aliphatic heterocycles. The molecule has 0 aromatic heterocycles. The van der Waals surface area contributed by atoms with Crippen LogP contribution in [0, 0.1) is 10.1 Å². The SMILES string of the molecule is CCOC(=O)C1=NN(c2ccc([N+](=O)[O-])cc2)C2(S1)c1ccccc1C(c1ccc(Cl)cc1)=NN2c1ccccc1. The Balaban J connectivity index is 1.62. The van der Waals surface area contributed by atoms with Crippen molar-refractivity contribution in [3.8, 4) is 0 Å². The molecule has 41 heavy (non-hydrogen) atoms. The molecule has 0 radical (unpaired) electrons. The highest BCUT2D eigenvalue weighted by atomic mass is 35.5. The monoisotopic (exact) mass is 583 g/mol. The van der Waals surface area contributed by atoms with Crippen molar-refractivity contribution in [1.82, 2.24) is 0 Å². The van der Waals surface area contributed by atoms with Crippen molar-refractivity contribution in [2.24, 2.45) is 10.2 Å². The smallest absolute Gasteiger partial charge is 0.365 e. The van der Waals surface area contributed by atoms with E-state index in [0.29, 0.717) is 16.4 Å². The van der Waals surface area contributed by atoms with E-state index in [0.717, 1.165) is 22.4 Å². The van der Waals surface area contributed by atoms with Crippen LogP contribution in [0.15, 0.2) is 113 Å². The number of rotatable bonds is 6. The maximum absolute atomic E-state index is 13.1. The molecular weight excluding hydrogens is 562 g/mol. The zero-order valence-corrected chi connectivity index (χ0v) is 23.2. The molecule has 0 fully saturated rings. The van der Waals surface area contributed by atoms with Crippen LogP contribution in [0.4, 0.5) is 17.1 Å². The Morgan fingerprint density at radius 2 is 1.54 bits per heavy atom. The van der Waals surface area contributed by atoms with Crippen LogP contribution in [-0.4, -0.2) is 28.3 Å². The van der Waals surface area contributed by atoms with Crippen molar-refractivity contribution in [2.45, 2.75) is 11.9 Å². The van der Waals surface area contributed by atoms with Crippen LogP contribution in [-0.2, 0) is 14.5 Å². The maximum atomic E-state index is 13.1. The number of benzene rings is 4. The molecule has 0 saturated heterocycles. The van der Waals surface area contributed by atoms with Crippen LogP contribution in [0.2, 0.25) is 5.02 Å². The van der Waals surface area contributed by atoms with Crippen molar-refractivity contribution in [3.63, 3.8) is 0 Å². The molecule has 2 aliphatic rings. The summed E-state index contributed by atoms with van der Waals surface area (Å²) in [7, 11) is 0. The third kappa shape index (κ3) is 4.60. The molecule has 0 amide bonds. The number of para-hydroxylation sites is 1. The van der Waals surface area contributed by atoms with Gasteiger partial charge in [0.1, 0.15) is 0 Å². The van der Waals surface area contributed by atoms with Crippen LogP contribution >= 0.6 is 23.4 Å². The van der Waals surface area contributed by atoms with Gasteiger partial charge in [0.2, 0.25) is 10.0 Å². The number of non-ortho nitro benzene ring substituents is 1. The molecule has 0 N–H and O–H groups in total. The molecule has 1 unspecified atom stereocenters. The molecule has 1 spiro atoms. The van der Waals surface area contributed by atoms with Gasteiger partial charge in [-0.3, -0.25) is 10.1 Å². The molecule has 0 aliphatic carbocycles. The summed E-state index contributed by atoms with van der Waals surface area (Å²) in [6.07, 6.45) is 0. The first-order valence-electron chi connectivity index (χ1n) is 12.7. The van der Waals surface area contributed by atoms with Crippen molar-refractivity contribution in [3.05, 3.63) is 135 Å². The summed E-state index contributed by atoms with van der Waals surface area (Å²) >= 11 is 7.41. The summed E-state index contributed by atoms with van der Waals surface area (Å²) in [6, 6.07) is 30.9. The Labute approximate surface area is 244 Å². The highest BCUT2D eigenvalue weighted by molar-refractivity contribution is 8.16. The minimum absolute atomic E-state index is 0.0590. The summed E-state index contributed by atoms with van der Waals surface area (Å²) in [4.78, 5) is 22.8. The van der Waals surface area contributed by atoms with E-state index in [9.17, 15) is 14.9 Å². The fourth-order valence-electron chi connectivity index (χ4n) is 4.81. The van der Waals surface area contributed by atoms with Crippen molar-refractivity contribution < 1.29 is 14.5 Å². The van der Waals surface area contributed by atoms with Gasteiger partial charge in [0.15, 0.2) is 0 Å². The minimum Gasteiger partial charge on any atom is -0.461 e. The quantitative estimate of drug-likeness (QED) is 0.140. The Hall–Kier alpha value is -4.67. The second-order valence-electron chi connectivity index (χ2n) is 9.07.